The fourth-order valence-corrected chi connectivity index (χ4v) is 7.91. The normalized spacial score (nSPS) is 16.0. The van der Waals surface area contributed by atoms with Crippen LogP contribution in [-0.2, 0) is 10.8 Å². The summed E-state index contributed by atoms with van der Waals surface area (Å²) in [7, 11) is 0. The van der Waals surface area contributed by atoms with Gasteiger partial charge in [0.05, 0.1) is 0 Å². The van der Waals surface area contributed by atoms with Gasteiger partial charge in [-0.15, -0.1) is 0 Å². The van der Waals surface area contributed by atoms with Crippen LogP contribution in [0, 0.1) is 55.4 Å². The van der Waals surface area contributed by atoms with Crippen LogP contribution in [-0.4, -0.2) is 20.4 Å². The van der Waals surface area contributed by atoms with Crippen LogP contribution in [0.5, 0.6) is 23.0 Å². The van der Waals surface area contributed by atoms with Gasteiger partial charge in [0.2, 0.25) is 0 Å². The average Bonchev–Trinajstić information content (AvgIpc) is 2.94. The Hall–Kier alpha value is -3.92. The first kappa shape index (κ1) is 29.6. The highest BCUT2D eigenvalue weighted by molar-refractivity contribution is 5.63. The summed E-state index contributed by atoms with van der Waals surface area (Å²) in [6.07, 6.45) is 3.70. The van der Waals surface area contributed by atoms with E-state index in [4.69, 9.17) is 0 Å². The van der Waals surface area contributed by atoms with Crippen LogP contribution in [0.4, 0.5) is 0 Å². The van der Waals surface area contributed by atoms with Gasteiger partial charge in [-0.25, -0.2) is 0 Å². The molecule has 0 atom stereocenters. The van der Waals surface area contributed by atoms with Crippen LogP contribution < -0.4 is 0 Å². The molecule has 220 valence electrons. The van der Waals surface area contributed by atoms with Crippen LogP contribution in [0.3, 0.4) is 0 Å². The molecule has 42 heavy (non-hydrogen) atoms. The van der Waals surface area contributed by atoms with Gasteiger partial charge in [-0.3, -0.25) is 0 Å². The summed E-state index contributed by atoms with van der Waals surface area (Å²) in [5.41, 5.74) is 9.89. The van der Waals surface area contributed by atoms with Crippen LogP contribution in [0.1, 0.15) is 92.4 Å². The topological polar surface area (TPSA) is 80.9 Å². The summed E-state index contributed by atoms with van der Waals surface area (Å²) in [6, 6.07) is 17.1. The second-order valence-electron chi connectivity index (χ2n) is 12.9. The predicted molar refractivity (Wildman–Crippen MR) is 170 cm³/mol. The zero-order valence-electron chi connectivity index (χ0n) is 26.2. The molecule has 0 amide bonds. The van der Waals surface area contributed by atoms with Crippen LogP contribution >= 0.6 is 0 Å². The van der Waals surface area contributed by atoms with E-state index in [0.29, 0.717) is 23.0 Å². The van der Waals surface area contributed by atoms with Crippen molar-refractivity contribution in [2.75, 3.05) is 0 Å². The Morgan fingerprint density at radius 3 is 0.690 bits per heavy atom. The van der Waals surface area contributed by atoms with E-state index >= 15 is 0 Å². The molecular weight excluding hydrogens is 520 g/mol. The molecule has 0 aliphatic heterocycles. The molecule has 0 bridgehead atoms. The molecule has 4 aromatic rings. The van der Waals surface area contributed by atoms with Gasteiger partial charge in [0.25, 0.3) is 0 Å². The van der Waals surface area contributed by atoms with Gasteiger partial charge in [0, 0.05) is 10.8 Å². The zero-order chi connectivity index (χ0) is 30.7. The quantitative estimate of drug-likeness (QED) is 0.200. The van der Waals surface area contributed by atoms with Crippen LogP contribution in [0.2, 0.25) is 0 Å². The number of rotatable bonds is 4. The third-order valence-electron chi connectivity index (χ3n) is 10.0. The molecule has 4 aromatic carbocycles. The summed E-state index contributed by atoms with van der Waals surface area (Å²) >= 11 is 0. The smallest absolute Gasteiger partial charge is 0.121 e. The molecular formula is C38H44O4. The van der Waals surface area contributed by atoms with Crippen molar-refractivity contribution in [1.82, 2.24) is 0 Å². The van der Waals surface area contributed by atoms with E-state index in [1.807, 2.05) is 55.4 Å². The first-order chi connectivity index (χ1) is 19.7. The molecule has 4 N–H and O–H groups in total. The minimum Gasteiger partial charge on any atom is -0.507 e. The lowest BCUT2D eigenvalue weighted by molar-refractivity contribution is 0.212. The molecule has 1 saturated carbocycles. The van der Waals surface area contributed by atoms with E-state index in [1.54, 1.807) is 0 Å². The summed E-state index contributed by atoms with van der Waals surface area (Å²) in [4.78, 5) is 0. The monoisotopic (exact) mass is 564 g/mol. The molecule has 0 saturated heterocycles. The highest BCUT2D eigenvalue weighted by atomic mass is 16.3. The highest BCUT2D eigenvalue weighted by Gasteiger charge is 2.57. The molecule has 1 aliphatic carbocycles. The molecule has 0 radical (unpaired) electrons. The number of phenolic OH excluding ortho intramolecular Hbond substituents is 4. The van der Waals surface area contributed by atoms with Crippen molar-refractivity contribution < 1.29 is 20.4 Å². The Labute approximate surface area is 250 Å². The number of benzene rings is 4. The highest BCUT2D eigenvalue weighted by Crippen LogP contribution is 2.62. The van der Waals surface area contributed by atoms with E-state index < -0.39 is 10.8 Å². The van der Waals surface area contributed by atoms with Crippen molar-refractivity contribution in [1.29, 1.82) is 0 Å². The number of aryl methyl sites for hydroxylation is 8. The lowest BCUT2D eigenvalue weighted by Gasteiger charge is -2.56. The molecule has 0 unspecified atom stereocenters. The molecule has 1 aliphatic rings. The van der Waals surface area contributed by atoms with E-state index in [0.717, 1.165) is 92.4 Å². The van der Waals surface area contributed by atoms with Gasteiger partial charge < -0.3 is 20.4 Å². The summed E-state index contributed by atoms with van der Waals surface area (Å²) in [5, 5.41) is 43.6. The second-order valence-corrected chi connectivity index (χ2v) is 12.9. The maximum absolute atomic E-state index is 10.9. The third-order valence-corrected chi connectivity index (χ3v) is 10.0. The Morgan fingerprint density at radius 2 is 0.524 bits per heavy atom. The molecule has 0 aromatic heterocycles. The zero-order valence-corrected chi connectivity index (χ0v) is 26.2. The van der Waals surface area contributed by atoms with E-state index in [-0.39, 0.29) is 0 Å². The van der Waals surface area contributed by atoms with E-state index in [9.17, 15) is 20.4 Å². The van der Waals surface area contributed by atoms with Crippen LogP contribution in [0.15, 0.2) is 48.5 Å². The molecule has 4 heteroatoms. The number of phenols is 4. The molecule has 1 fully saturated rings. The molecule has 0 spiro atoms. The van der Waals surface area contributed by atoms with Gasteiger partial charge in [-0.2, -0.15) is 0 Å². The van der Waals surface area contributed by atoms with Gasteiger partial charge in [0.15, 0.2) is 0 Å². The van der Waals surface area contributed by atoms with E-state index in [1.165, 1.54) is 0 Å². The fraction of sp³-hybridized carbons (Fsp3) is 0.368. The van der Waals surface area contributed by atoms with Crippen molar-refractivity contribution in [3.8, 4) is 23.0 Å². The summed E-state index contributed by atoms with van der Waals surface area (Å²) < 4.78 is 0. The van der Waals surface area contributed by atoms with Crippen molar-refractivity contribution in [2.45, 2.75) is 91.9 Å². The lowest BCUT2D eigenvalue weighted by atomic mass is 9.46. The number of hydrogen-bond donors (Lipinski definition) is 4. The average molecular weight is 565 g/mol. The Morgan fingerprint density at radius 1 is 0.357 bits per heavy atom. The first-order valence-corrected chi connectivity index (χ1v) is 15.0. The Bertz CT molecular complexity index is 1380. The standard InChI is InChI=1S/C38H44O4/c1-21-13-29(14-22(2)33(21)39)37(30-15-23(3)34(40)24(4)16-30)11-9-10-12-38(37,31-17-25(5)35(41)26(6)18-31)32-19-27(7)36(42)28(8)20-32/h13-20,39-42H,9-12H2,1-8H3. The van der Waals surface area contributed by atoms with Gasteiger partial charge in [-0.1, -0.05) is 61.4 Å². The molecule has 0 heterocycles. The maximum atomic E-state index is 10.9. The second kappa shape index (κ2) is 10.4. The Kier molecular flexibility index (Phi) is 7.33. The molecule has 5 rings (SSSR count). The summed E-state index contributed by atoms with van der Waals surface area (Å²) in [5.74, 6) is 1.23. The SMILES string of the molecule is Cc1cc(C2(c3cc(C)c(O)c(C)c3)CCCCC2(c2cc(C)c(O)c(C)c2)c2cc(C)c(O)c(C)c2)cc(C)c1O. The van der Waals surface area contributed by atoms with Crippen molar-refractivity contribution in [2.24, 2.45) is 0 Å². The minimum absolute atomic E-state index is 0.307. The van der Waals surface area contributed by atoms with Gasteiger partial charge >= 0.3 is 0 Å². The van der Waals surface area contributed by atoms with Gasteiger partial charge in [0.1, 0.15) is 23.0 Å². The lowest BCUT2D eigenvalue weighted by Crippen LogP contribution is -2.53. The van der Waals surface area contributed by atoms with Crippen molar-refractivity contribution in [3.63, 3.8) is 0 Å². The fourth-order valence-electron chi connectivity index (χ4n) is 7.91. The van der Waals surface area contributed by atoms with Crippen molar-refractivity contribution >= 4 is 0 Å². The van der Waals surface area contributed by atoms with Gasteiger partial charge in [-0.05, 0) is 135 Å². The maximum Gasteiger partial charge on any atom is 0.121 e. The predicted octanol–water partition coefficient (Wildman–Crippen LogP) is 8.82. The largest absolute Gasteiger partial charge is 0.507 e. The number of hydrogen-bond acceptors (Lipinski definition) is 4. The first-order valence-electron chi connectivity index (χ1n) is 15.0. The number of aromatic hydroxyl groups is 4. The Balaban J connectivity index is 2.06. The third kappa shape index (κ3) is 4.26. The minimum atomic E-state index is -0.594. The van der Waals surface area contributed by atoms with Crippen LogP contribution in [0.25, 0.3) is 0 Å². The van der Waals surface area contributed by atoms with Crippen molar-refractivity contribution in [3.05, 3.63) is 115 Å². The van der Waals surface area contributed by atoms with E-state index in [2.05, 4.69) is 48.5 Å². The summed E-state index contributed by atoms with van der Waals surface area (Å²) in [6.45, 7) is 15.7. The molecule has 4 nitrogen and oxygen atoms in total.